The molecule has 0 fully saturated rings. The van der Waals surface area contributed by atoms with Gasteiger partial charge in [0.1, 0.15) is 11.9 Å². The minimum absolute atomic E-state index is 0.0493. The number of hydrogen-bond donors (Lipinski definition) is 3. The van der Waals surface area contributed by atoms with Crippen LogP contribution in [0.15, 0.2) is 60.1 Å². The van der Waals surface area contributed by atoms with Gasteiger partial charge in [0, 0.05) is 36.8 Å². The summed E-state index contributed by atoms with van der Waals surface area (Å²) in [5.74, 6) is 0.408. The molecule has 9 heteroatoms. The minimum Gasteiger partial charge on any atom is -0.396 e. The fourth-order valence-corrected chi connectivity index (χ4v) is 3.42. The Morgan fingerprint density at radius 3 is 2.67 bits per heavy atom. The maximum absolute atomic E-state index is 13.2. The van der Waals surface area contributed by atoms with Crippen LogP contribution in [0.4, 0.5) is 16.0 Å². The third-order valence-electron chi connectivity index (χ3n) is 4.82. The van der Waals surface area contributed by atoms with Gasteiger partial charge in [-0.15, -0.1) is 0 Å². The summed E-state index contributed by atoms with van der Waals surface area (Å²) in [6, 6.07) is 8.74. The van der Waals surface area contributed by atoms with Gasteiger partial charge in [-0.25, -0.2) is 9.07 Å². The maximum Gasteiger partial charge on any atom is 0.255 e. The number of pyridine rings is 1. The van der Waals surface area contributed by atoms with E-state index in [0.29, 0.717) is 41.6 Å². The summed E-state index contributed by atoms with van der Waals surface area (Å²) in [6.07, 6.45) is 4.39. The monoisotopic (exact) mass is 408 g/mol. The zero-order valence-corrected chi connectivity index (χ0v) is 16.3. The molecule has 4 rings (SSSR count). The zero-order chi connectivity index (χ0) is 21.1. The second kappa shape index (κ2) is 8.42. The maximum atomic E-state index is 13.2. The predicted molar refractivity (Wildman–Crippen MR) is 109 cm³/mol. The standard InChI is InChI=1S/C21H21FN6O2/c1-13-18(20(30)25-16-6-4-15(22)5-7-16)19(14-8-10-23-11-9-14)28-21(24-13)26-17(27-28)3-2-12-29/h4-11,19,29H,2-3,12H2,1H3,(H,25,30)(H,24,26,27). The van der Waals surface area contributed by atoms with Crippen molar-refractivity contribution in [2.75, 3.05) is 17.2 Å². The molecule has 1 unspecified atom stereocenters. The van der Waals surface area contributed by atoms with E-state index in [2.05, 4.69) is 25.7 Å². The third-order valence-corrected chi connectivity index (χ3v) is 4.82. The molecule has 0 bridgehead atoms. The average molecular weight is 408 g/mol. The van der Waals surface area contributed by atoms with Crippen LogP contribution in [0, 0.1) is 5.82 Å². The number of rotatable bonds is 6. The number of aliphatic hydroxyl groups is 1. The van der Waals surface area contributed by atoms with Crippen molar-refractivity contribution in [3.8, 4) is 0 Å². The number of hydrogen-bond acceptors (Lipinski definition) is 6. The van der Waals surface area contributed by atoms with Gasteiger partial charge in [-0.1, -0.05) is 0 Å². The SMILES string of the molecule is CC1=C(C(=O)Nc2ccc(F)cc2)C(c2ccncc2)n2nc(CCCO)nc2N1. The number of aromatic nitrogens is 4. The lowest BCUT2D eigenvalue weighted by Gasteiger charge is -2.28. The van der Waals surface area contributed by atoms with E-state index in [-0.39, 0.29) is 18.3 Å². The molecule has 30 heavy (non-hydrogen) atoms. The van der Waals surface area contributed by atoms with Gasteiger partial charge < -0.3 is 15.7 Å². The quantitative estimate of drug-likeness (QED) is 0.579. The lowest BCUT2D eigenvalue weighted by atomic mass is 9.96. The van der Waals surface area contributed by atoms with Crippen molar-refractivity contribution in [1.82, 2.24) is 19.7 Å². The van der Waals surface area contributed by atoms with E-state index in [4.69, 9.17) is 5.11 Å². The van der Waals surface area contributed by atoms with Gasteiger partial charge in [0.2, 0.25) is 5.95 Å². The first-order valence-corrected chi connectivity index (χ1v) is 9.57. The highest BCUT2D eigenvalue weighted by molar-refractivity contribution is 6.06. The fraction of sp³-hybridized carbons (Fsp3) is 0.238. The number of aliphatic hydroxyl groups excluding tert-OH is 1. The van der Waals surface area contributed by atoms with Gasteiger partial charge in [-0.05, 0) is 55.3 Å². The van der Waals surface area contributed by atoms with Crippen molar-refractivity contribution in [1.29, 1.82) is 0 Å². The molecule has 0 spiro atoms. The average Bonchev–Trinajstić information content (AvgIpc) is 3.15. The Balaban J connectivity index is 1.73. The summed E-state index contributed by atoms with van der Waals surface area (Å²) >= 11 is 0. The van der Waals surface area contributed by atoms with Crippen LogP contribution < -0.4 is 10.6 Å². The number of amides is 1. The molecule has 3 aromatic rings. The first-order chi connectivity index (χ1) is 14.6. The Bertz CT molecular complexity index is 1080. The lowest BCUT2D eigenvalue weighted by Crippen LogP contribution is -2.31. The van der Waals surface area contributed by atoms with Gasteiger partial charge in [0.25, 0.3) is 5.91 Å². The van der Waals surface area contributed by atoms with Crippen LogP contribution in [0.2, 0.25) is 0 Å². The predicted octanol–water partition coefficient (Wildman–Crippen LogP) is 2.66. The topological polar surface area (TPSA) is 105 Å². The summed E-state index contributed by atoms with van der Waals surface area (Å²) < 4.78 is 14.9. The summed E-state index contributed by atoms with van der Waals surface area (Å²) in [6.45, 7) is 1.85. The molecule has 1 amide bonds. The Kier molecular flexibility index (Phi) is 5.53. The number of nitrogens with zero attached hydrogens (tertiary/aromatic N) is 4. The van der Waals surface area contributed by atoms with Gasteiger partial charge in [0.05, 0.1) is 5.57 Å². The first-order valence-electron chi connectivity index (χ1n) is 9.57. The number of nitrogens with one attached hydrogen (secondary N) is 2. The summed E-state index contributed by atoms with van der Waals surface area (Å²) in [5.41, 5.74) is 2.43. The first kappa shape index (κ1) is 19.7. The molecule has 3 heterocycles. The highest BCUT2D eigenvalue weighted by Gasteiger charge is 2.34. The highest BCUT2D eigenvalue weighted by atomic mass is 19.1. The molecular formula is C21H21FN6O2. The molecule has 1 atom stereocenters. The molecule has 0 radical (unpaired) electrons. The fourth-order valence-electron chi connectivity index (χ4n) is 3.42. The number of aryl methyl sites for hydroxylation is 1. The van der Waals surface area contributed by atoms with Crippen molar-refractivity contribution in [3.05, 3.63) is 77.3 Å². The number of carbonyl (C=O) groups excluding carboxylic acids is 1. The van der Waals surface area contributed by atoms with Crippen molar-refractivity contribution in [2.45, 2.75) is 25.8 Å². The lowest BCUT2D eigenvalue weighted by molar-refractivity contribution is -0.113. The Morgan fingerprint density at radius 2 is 1.97 bits per heavy atom. The Hall–Kier alpha value is -3.59. The largest absolute Gasteiger partial charge is 0.396 e. The van der Waals surface area contributed by atoms with Crippen LogP contribution in [0.3, 0.4) is 0 Å². The second-order valence-electron chi connectivity index (χ2n) is 6.93. The zero-order valence-electron chi connectivity index (χ0n) is 16.3. The number of halogens is 1. The van der Waals surface area contributed by atoms with Crippen molar-refractivity contribution in [2.24, 2.45) is 0 Å². The van der Waals surface area contributed by atoms with Crippen molar-refractivity contribution in [3.63, 3.8) is 0 Å². The van der Waals surface area contributed by atoms with E-state index in [1.165, 1.54) is 24.3 Å². The van der Waals surface area contributed by atoms with E-state index < -0.39 is 6.04 Å². The summed E-state index contributed by atoms with van der Waals surface area (Å²) in [4.78, 5) is 21.8. The summed E-state index contributed by atoms with van der Waals surface area (Å²) in [5, 5.41) is 19.7. The van der Waals surface area contributed by atoms with Gasteiger partial charge in [-0.2, -0.15) is 10.1 Å². The normalized spacial score (nSPS) is 15.5. The number of benzene rings is 1. The smallest absolute Gasteiger partial charge is 0.255 e. The van der Waals surface area contributed by atoms with Gasteiger partial charge in [-0.3, -0.25) is 9.78 Å². The van der Waals surface area contributed by atoms with E-state index in [1.807, 2.05) is 12.1 Å². The number of anilines is 2. The number of carbonyl (C=O) groups is 1. The highest BCUT2D eigenvalue weighted by Crippen LogP contribution is 2.35. The summed E-state index contributed by atoms with van der Waals surface area (Å²) in [7, 11) is 0. The van der Waals surface area contributed by atoms with Crippen LogP contribution in [0.5, 0.6) is 0 Å². The third kappa shape index (κ3) is 3.92. The molecule has 1 aliphatic heterocycles. The van der Waals surface area contributed by atoms with Crippen LogP contribution in [-0.4, -0.2) is 37.4 Å². The van der Waals surface area contributed by atoms with Gasteiger partial charge in [0.15, 0.2) is 5.82 Å². The van der Waals surface area contributed by atoms with Crippen molar-refractivity contribution < 1.29 is 14.3 Å². The van der Waals surface area contributed by atoms with Crippen LogP contribution >= 0.6 is 0 Å². The molecule has 1 aliphatic rings. The van der Waals surface area contributed by atoms with Crippen molar-refractivity contribution >= 4 is 17.5 Å². The molecule has 1 aromatic carbocycles. The molecular weight excluding hydrogens is 387 g/mol. The molecule has 0 saturated heterocycles. The molecule has 154 valence electrons. The minimum atomic E-state index is -0.514. The molecule has 0 aliphatic carbocycles. The second-order valence-corrected chi connectivity index (χ2v) is 6.93. The van der Waals surface area contributed by atoms with Crippen LogP contribution in [-0.2, 0) is 11.2 Å². The number of allylic oxidation sites excluding steroid dienone is 1. The van der Waals surface area contributed by atoms with Crippen LogP contribution in [0.1, 0.15) is 30.8 Å². The molecule has 8 nitrogen and oxygen atoms in total. The Morgan fingerprint density at radius 1 is 1.23 bits per heavy atom. The van der Waals surface area contributed by atoms with Crippen LogP contribution in [0.25, 0.3) is 0 Å². The molecule has 3 N–H and O–H groups in total. The van der Waals surface area contributed by atoms with E-state index in [0.717, 1.165) is 5.56 Å². The number of fused-ring (bicyclic) bond motifs is 1. The molecule has 0 saturated carbocycles. The van der Waals surface area contributed by atoms with E-state index in [1.54, 1.807) is 24.0 Å². The van der Waals surface area contributed by atoms with Gasteiger partial charge >= 0.3 is 0 Å². The molecule has 2 aromatic heterocycles. The Labute approximate surface area is 172 Å². The van der Waals surface area contributed by atoms with E-state index in [9.17, 15) is 9.18 Å². The van der Waals surface area contributed by atoms with E-state index >= 15 is 0 Å².